The first kappa shape index (κ1) is 15.7. The average Bonchev–Trinajstić information content (AvgIpc) is 3.04. The lowest BCUT2D eigenvalue weighted by molar-refractivity contribution is -0.166. The van der Waals surface area contributed by atoms with Crippen LogP contribution in [-0.4, -0.2) is 17.7 Å². The molecule has 0 bridgehead atoms. The van der Waals surface area contributed by atoms with Gasteiger partial charge in [0.25, 0.3) is 5.78 Å². The highest BCUT2D eigenvalue weighted by Crippen LogP contribution is 2.27. The quantitative estimate of drug-likeness (QED) is 0.358. The molecule has 0 aliphatic carbocycles. The molecule has 0 radical (unpaired) electrons. The van der Waals surface area contributed by atoms with Gasteiger partial charge in [-0.15, -0.1) is 22.7 Å². The zero-order valence-corrected chi connectivity index (χ0v) is 12.4. The maximum atomic E-state index is 12.7. The molecule has 0 aliphatic rings. The Morgan fingerprint density at radius 3 is 2.38 bits per heavy atom. The summed E-state index contributed by atoms with van der Waals surface area (Å²) < 4.78 is 38.0. The first-order chi connectivity index (χ1) is 9.79. The Labute approximate surface area is 126 Å². The van der Waals surface area contributed by atoms with Gasteiger partial charge in [0.2, 0.25) is 5.78 Å². The fraction of sp³-hybridized carbons (Fsp3) is 0.143. The molecule has 0 N–H and O–H groups in total. The van der Waals surface area contributed by atoms with Gasteiger partial charge in [-0.3, -0.25) is 9.59 Å². The van der Waals surface area contributed by atoms with Crippen molar-refractivity contribution in [3.05, 3.63) is 49.9 Å². The van der Waals surface area contributed by atoms with E-state index in [1.165, 1.54) is 17.4 Å². The lowest BCUT2D eigenvalue weighted by atomic mass is 10.0. The van der Waals surface area contributed by atoms with Crippen LogP contribution in [0.1, 0.15) is 19.4 Å². The molecule has 2 heterocycles. The average molecular weight is 330 g/mol. The SMILES string of the molecule is Cc1ccc(/C=C(/C(=O)c2cccs2)C(=O)C(F)(F)F)s1. The summed E-state index contributed by atoms with van der Waals surface area (Å²) in [5, 5.41) is 1.57. The van der Waals surface area contributed by atoms with Gasteiger partial charge in [0, 0.05) is 9.75 Å². The van der Waals surface area contributed by atoms with Crippen molar-refractivity contribution in [2.75, 3.05) is 0 Å². The topological polar surface area (TPSA) is 34.1 Å². The minimum Gasteiger partial charge on any atom is -0.288 e. The van der Waals surface area contributed by atoms with Gasteiger partial charge in [0.05, 0.1) is 10.5 Å². The molecular weight excluding hydrogens is 321 g/mol. The van der Waals surface area contributed by atoms with E-state index in [1.807, 2.05) is 0 Å². The van der Waals surface area contributed by atoms with Crippen LogP contribution in [0.3, 0.4) is 0 Å². The van der Waals surface area contributed by atoms with Gasteiger partial charge in [-0.05, 0) is 36.6 Å². The minimum atomic E-state index is -5.08. The van der Waals surface area contributed by atoms with Crippen LogP contribution >= 0.6 is 22.7 Å². The van der Waals surface area contributed by atoms with Gasteiger partial charge in [-0.2, -0.15) is 13.2 Å². The molecule has 0 fully saturated rings. The Hall–Kier alpha value is -1.73. The van der Waals surface area contributed by atoms with E-state index in [-0.39, 0.29) is 4.88 Å². The van der Waals surface area contributed by atoms with Gasteiger partial charge in [-0.1, -0.05) is 6.07 Å². The molecule has 0 saturated heterocycles. The highest BCUT2D eigenvalue weighted by molar-refractivity contribution is 7.13. The van der Waals surface area contributed by atoms with Gasteiger partial charge in [0.1, 0.15) is 0 Å². The van der Waals surface area contributed by atoms with Crippen molar-refractivity contribution in [1.82, 2.24) is 0 Å². The van der Waals surface area contributed by atoms with Crippen LogP contribution in [0.25, 0.3) is 6.08 Å². The first-order valence-electron chi connectivity index (χ1n) is 5.77. The van der Waals surface area contributed by atoms with Crippen LogP contribution in [0.4, 0.5) is 13.2 Å². The molecule has 2 nitrogen and oxygen atoms in total. The second kappa shape index (κ2) is 5.95. The Morgan fingerprint density at radius 2 is 1.90 bits per heavy atom. The summed E-state index contributed by atoms with van der Waals surface area (Å²) in [6.45, 7) is 1.79. The molecule has 2 aromatic rings. The van der Waals surface area contributed by atoms with Crippen LogP contribution in [0, 0.1) is 6.92 Å². The van der Waals surface area contributed by atoms with Crippen LogP contribution in [0.5, 0.6) is 0 Å². The first-order valence-corrected chi connectivity index (χ1v) is 7.46. The third-order valence-electron chi connectivity index (χ3n) is 2.54. The normalized spacial score (nSPS) is 12.5. The minimum absolute atomic E-state index is 0.104. The fourth-order valence-electron chi connectivity index (χ4n) is 1.60. The number of carbonyl (C=O) groups excluding carboxylic acids is 2. The van der Waals surface area contributed by atoms with Crippen LogP contribution in [0.15, 0.2) is 35.2 Å². The molecule has 0 saturated carbocycles. The van der Waals surface area contributed by atoms with Crippen molar-refractivity contribution in [3.63, 3.8) is 0 Å². The maximum Gasteiger partial charge on any atom is 0.455 e. The van der Waals surface area contributed by atoms with E-state index in [0.717, 1.165) is 22.3 Å². The van der Waals surface area contributed by atoms with Gasteiger partial charge in [-0.25, -0.2) is 0 Å². The number of Topliss-reactive ketones (excluding diaryl/α,β-unsaturated/α-hetero) is 2. The second-order valence-electron chi connectivity index (χ2n) is 4.14. The summed E-state index contributed by atoms with van der Waals surface area (Å²) in [5.41, 5.74) is -0.855. The Bertz CT molecular complexity index is 694. The van der Waals surface area contributed by atoms with E-state index in [9.17, 15) is 22.8 Å². The predicted octanol–water partition coefficient (Wildman–Crippen LogP) is 4.52. The number of hydrogen-bond acceptors (Lipinski definition) is 4. The standard InChI is InChI=1S/C14H9F3O2S2/c1-8-4-5-9(21-8)7-10(13(19)14(15,16)17)12(18)11-3-2-6-20-11/h2-7H,1H3/b10-7-. The number of hydrogen-bond donors (Lipinski definition) is 0. The van der Waals surface area contributed by atoms with Crippen molar-refractivity contribution >= 4 is 40.3 Å². The molecule has 21 heavy (non-hydrogen) atoms. The number of alkyl halides is 3. The van der Waals surface area contributed by atoms with Crippen molar-refractivity contribution in [3.8, 4) is 0 Å². The van der Waals surface area contributed by atoms with Gasteiger partial charge < -0.3 is 0 Å². The third-order valence-corrected chi connectivity index (χ3v) is 4.36. The summed E-state index contributed by atoms with van der Waals surface area (Å²) in [6.07, 6.45) is -4.07. The summed E-state index contributed by atoms with van der Waals surface area (Å²) in [4.78, 5) is 25.1. The van der Waals surface area contributed by atoms with E-state index in [0.29, 0.717) is 4.88 Å². The molecule has 2 rings (SSSR count). The van der Waals surface area contributed by atoms with E-state index < -0.39 is 23.3 Å². The summed E-state index contributed by atoms with van der Waals surface area (Å²) in [7, 11) is 0. The van der Waals surface area contributed by atoms with Crippen molar-refractivity contribution < 1.29 is 22.8 Å². The van der Waals surface area contributed by atoms with E-state index >= 15 is 0 Å². The van der Waals surface area contributed by atoms with Crippen molar-refractivity contribution in [2.24, 2.45) is 0 Å². The molecule has 7 heteroatoms. The molecule has 0 aliphatic heterocycles. The largest absolute Gasteiger partial charge is 0.455 e. The summed E-state index contributed by atoms with van der Waals surface area (Å²) in [5.74, 6) is -3.02. The molecule has 110 valence electrons. The number of carbonyl (C=O) groups is 2. The highest BCUT2D eigenvalue weighted by atomic mass is 32.1. The molecular formula is C14H9F3O2S2. The monoisotopic (exact) mass is 330 g/mol. The van der Waals surface area contributed by atoms with Crippen molar-refractivity contribution in [1.29, 1.82) is 0 Å². The number of halogens is 3. The Kier molecular flexibility index (Phi) is 4.43. The highest BCUT2D eigenvalue weighted by Gasteiger charge is 2.43. The lowest BCUT2D eigenvalue weighted by Crippen LogP contribution is -2.28. The molecule has 0 amide bonds. The molecule has 0 spiro atoms. The van der Waals surface area contributed by atoms with Crippen LogP contribution in [-0.2, 0) is 4.79 Å². The lowest BCUT2D eigenvalue weighted by Gasteiger charge is -2.07. The molecule has 0 atom stereocenters. The number of allylic oxidation sites excluding steroid dienone is 1. The zero-order chi connectivity index (χ0) is 15.6. The zero-order valence-electron chi connectivity index (χ0n) is 10.7. The Morgan fingerprint density at radius 1 is 1.19 bits per heavy atom. The Balaban J connectivity index is 2.47. The fourth-order valence-corrected chi connectivity index (χ4v) is 3.10. The molecule has 0 aromatic carbocycles. The van der Waals surface area contributed by atoms with E-state index in [4.69, 9.17) is 0 Å². The van der Waals surface area contributed by atoms with Crippen LogP contribution in [0.2, 0.25) is 0 Å². The molecule has 0 unspecified atom stereocenters. The van der Waals surface area contributed by atoms with E-state index in [1.54, 1.807) is 30.5 Å². The van der Waals surface area contributed by atoms with Crippen LogP contribution < -0.4 is 0 Å². The summed E-state index contributed by atoms with van der Waals surface area (Å²) >= 11 is 2.21. The second-order valence-corrected chi connectivity index (χ2v) is 6.41. The third kappa shape index (κ3) is 3.68. The van der Waals surface area contributed by atoms with Crippen molar-refractivity contribution in [2.45, 2.75) is 13.1 Å². The smallest absolute Gasteiger partial charge is 0.288 e. The number of aryl methyl sites for hydroxylation is 1. The number of ketones is 2. The molecule has 2 aromatic heterocycles. The number of rotatable bonds is 4. The van der Waals surface area contributed by atoms with Gasteiger partial charge >= 0.3 is 6.18 Å². The number of thiophene rings is 2. The maximum absolute atomic E-state index is 12.7. The summed E-state index contributed by atoms with van der Waals surface area (Å²) in [6, 6.07) is 6.22. The van der Waals surface area contributed by atoms with E-state index in [2.05, 4.69) is 0 Å². The van der Waals surface area contributed by atoms with Gasteiger partial charge in [0.15, 0.2) is 0 Å². The predicted molar refractivity (Wildman–Crippen MR) is 76.7 cm³/mol.